The Kier molecular flexibility index (Phi) is 2.61. The second kappa shape index (κ2) is 3.69. The van der Waals surface area contributed by atoms with Crippen molar-refractivity contribution < 1.29 is 14.3 Å². The molecule has 0 saturated carbocycles. The molecule has 0 aliphatic rings. The van der Waals surface area contributed by atoms with Gasteiger partial charge in [-0.15, -0.1) is 0 Å². The molecular weight excluding hydrogens is 192 g/mol. The Hall–Kier alpha value is -2.18. The Morgan fingerprint density at radius 1 is 1.43 bits per heavy atom. The topological polar surface area (TPSA) is 99.4 Å². The van der Waals surface area contributed by atoms with Crippen LogP contribution in [0, 0.1) is 20.2 Å². The van der Waals surface area contributed by atoms with E-state index < -0.39 is 15.7 Å². The van der Waals surface area contributed by atoms with E-state index in [9.17, 15) is 20.2 Å². The van der Waals surface area contributed by atoms with Gasteiger partial charge in [0.15, 0.2) is 0 Å². The molecule has 0 radical (unpaired) electrons. The van der Waals surface area contributed by atoms with E-state index in [0.29, 0.717) is 0 Å². The minimum absolute atomic E-state index is 0.0888. The number of furan rings is 1. The summed E-state index contributed by atoms with van der Waals surface area (Å²) in [6.45, 7) is 1.27. The van der Waals surface area contributed by atoms with Crippen LogP contribution in [0.25, 0.3) is 6.08 Å². The number of rotatable bonds is 3. The van der Waals surface area contributed by atoms with Crippen LogP contribution in [0.15, 0.2) is 22.2 Å². The van der Waals surface area contributed by atoms with Gasteiger partial charge in [-0.25, -0.2) is 0 Å². The quantitative estimate of drug-likeness (QED) is 0.544. The third-order valence-corrected chi connectivity index (χ3v) is 1.43. The molecular formula is C7H6N2O5. The monoisotopic (exact) mass is 198 g/mol. The third kappa shape index (κ3) is 2.16. The summed E-state index contributed by atoms with van der Waals surface area (Å²) < 4.78 is 4.69. The minimum atomic E-state index is -0.709. The van der Waals surface area contributed by atoms with Crippen LogP contribution in [-0.2, 0) is 0 Å². The molecule has 1 rings (SSSR count). The summed E-state index contributed by atoms with van der Waals surface area (Å²) in [5.74, 6) is -0.349. The lowest BCUT2D eigenvalue weighted by atomic mass is 10.3. The van der Waals surface area contributed by atoms with Gasteiger partial charge in [0, 0.05) is 6.92 Å². The number of nitrogens with zero attached hydrogens (tertiary/aromatic N) is 2. The molecule has 1 heterocycles. The Labute approximate surface area is 77.9 Å². The van der Waals surface area contributed by atoms with Crippen LogP contribution in [0.1, 0.15) is 12.7 Å². The zero-order chi connectivity index (χ0) is 10.7. The third-order valence-electron chi connectivity index (χ3n) is 1.43. The summed E-state index contributed by atoms with van der Waals surface area (Å²) in [6.07, 6.45) is 1.12. The molecule has 1 aromatic rings. The molecule has 0 aliphatic carbocycles. The Bertz CT molecular complexity index is 406. The molecule has 0 fully saturated rings. The van der Waals surface area contributed by atoms with Crippen molar-refractivity contribution in [3.05, 3.63) is 43.8 Å². The van der Waals surface area contributed by atoms with Crippen LogP contribution in [-0.4, -0.2) is 9.85 Å². The lowest BCUT2D eigenvalue weighted by Gasteiger charge is -1.87. The average molecular weight is 198 g/mol. The molecule has 0 saturated heterocycles. The highest BCUT2D eigenvalue weighted by molar-refractivity contribution is 5.46. The number of hydrogen-bond donors (Lipinski definition) is 0. The van der Waals surface area contributed by atoms with E-state index in [-0.39, 0.29) is 11.5 Å². The molecule has 1 aromatic heterocycles. The molecule has 0 amide bonds. The zero-order valence-corrected chi connectivity index (χ0v) is 7.17. The summed E-state index contributed by atoms with van der Waals surface area (Å²) in [4.78, 5) is 19.1. The van der Waals surface area contributed by atoms with Gasteiger partial charge in [0.2, 0.25) is 5.70 Å². The van der Waals surface area contributed by atoms with Gasteiger partial charge in [-0.05, 0) is 6.07 Å². The smallest absolute Gasteiger partial charge is 0.401 e. The van der Waals surface area contributed by atoms with E-state index >= 15 is 0 Å². The fraction of sp³-hybridized carbons (Fsp3) is 0.143. The van der Waals surface area contributed by atoms with Crippen LogP contribution >= 0.6 is 0 Å². The van der Waals surface area contributed by atoms with Crippen molar-refractivity contribution >= 4 is 12.0 Å². The fourth-order valence-corrected chi connectivity index (χ4v) is 0.776. The van der Waals surface area contributed by atoms with Gasteiger partial charge in [-0.3, -0.25) is 20.2 Å². The summed E-state index contributed by atoms with van der Waals surface area (Å²) in [6, 6.07) is 2.43. The van der Waals surface area contributed by atoms with E-state index in [2.05, 4.69) is 4.42 Å². The Morgan fingerprint density at radius 2 is 2.07 bits per heavy atom. The van der Waals surface area contributed by atoms with E-state index in [1.165, 1.54) is 13.0 Å². The lowest BCUT2D eigenvalue weighted by Crippen LogP contribution is -1.92. The van der Waals surface area contributed by atoms with Crippen LogP contribution < -0.4 is 0 Å². The first-order chi connectivity index (χ1) is 6.50. The Morgan fingerprint density at radius 3 is 2.50 bits per heavy atom. The van der Waals surface area contributed by atoms with Crippen molar-refractivity contribution in [2.45, 2.75) is 6.92 Å². The highest BCUT2D eigenvalue weighted by Crippen LogP contribution is 2.17. The summed E-state index contributed by atoms with van der Waals surface area (Å²) in [7, 11) is 0. The van der Waals surface area contributed by atoms with E-state index in [4.69, 9.17) is 0 Å². The standard InChI is InChI=1S/C7H6N2O5/c1-5(8(10)11)4-6-2-3-7(14-6)9(12)13/h2-4H,1H3/b5-4+. The molecule has 74 valence electrons. The summed E-state index contributed by atoms with van der Waals surface area (Å²) in [5, 5.41) is 20.4. The summed E-state index contributed by atoms with van der Waals surface area (Å²) in [5.41, 5.74) is -0.144. The maximum absolute atomic E-state index is 10.2. The predicted molar refractivity (Wildman–Crippen MR) is 46.0 cm³/mol. The molecule has 0 atom stereocenters. The maximum atomic E-state index is 10.2. The molecule has 0 bridgehead atoms. The van der Waals surface area contributed by atoms with E-state index in [1.807, 2.05) is 0 Å². The molecule has 7 heteroatoms. The van der Waals surface area contributed by atoms with Crippen LogP contribution in [0.5, 0.6) is 0 Å². The van der Waals surface area contributed by atoms with Crippen LogP contribution in [0.3, 0.4) is 0 Å². The highest BCUT2D eigenvalue weighted by atomic mass is 16.6. The van der Waals surface area contributed by atoms with Gasteiger partial charge in [-0.1, -0.05) is 0 Å². The maximum Gasteiger partial charge on any atom is 0.433 e. The lowest BCUT2D eigenvalue weighted by molar-refractivity contribution is -0.422. The van der Waals surface area contributed by atoms with E-state index in [1.54, 1.807) is 0 Å². The molecule has 14 heavy (non-hydrogen) atoms. The number of allylic oxidation sites excluding steroid dienone is 1. The van der Waals surface area contributed by atoms with Crippen molar-refractivity contribution in [1.82, 2.24) is 0 Å². The second-order valence-electron chi connectivity index (χ2n) is 2.48. The first-order valence-electron chi connectivity index (χ1n) is 3.57. The van der Waals surface area contributed by atoms with Gasteiger partial charge >= 0.3 is 5.88 Å². The first-order valence-corrected chi connectivity index (χ1v) is 3.57. The van der Waals surface area contributed by atoms with Crippen molar-refractivity contribution in [3.8, 4) is 0 Å². The minimum Gasteiger partial charge on any atom is -0.401 e. The molecule has 0 spiro atoms. The molecule has 0 aliphatic heterocycles. The second-order valence-corrected chi connectivity index (χ2v) is 2.48. The molecule has 0 N–H and O–H groups in total. The van der Waals surface area contributed by atoms with Crippen molar-refractivity contribution in [2.24, 2.45) is 0 Å². The van der Waals surface area contributed by atoms with E-state index in [0.717, 1.165) is 12.1 Å². The van der Waals surface area contributed by atoms with Gasteiger partial charge in [0.1, 0.15) is 10.7 Å². The summed E-state index contributed by atoms with van der Waals surface area (Å²) >= 11 is 0. The van der Waals surface area contributed by atoms with Crippen molar-refractivity contribution in [2.75, 3.05) is 0 Å². The van der Waals surface area contributed by atoms with Crippen LogP contribution in [0.4, 0.5) is 5.88 Å². The van der Waals surface area contributed by atoms with Gasteiger partial charge in [0.05, 0.1) is 17.1 Å². The van der Waals surface area contributed by atoms with Crippen LogP contribution in [0.2, 0.25) is 0 Å². The predicted octanol–water partition coefficient (Wildman–Crippen LogP) is 1.83. The fourth-order valence-electron chi connectivity index (χ4n) is 0.776. The number of nitro groups is 2. The SMILES string of the molecule is C/C(=C\c1ccc([N+](=O)[O-])o1)[N+](=O)[O-]. The van der Waals surface area contributed by atoms with Gasteiger partial charge < -0.3 is 4.42 Å². The molecule has 0 unspecified atom stereocenters. The van der Waals surface area contributed by atoms with Gasteiger partial charge in [-0.2, -0.15) is 0 Å². The van der Waals surface area contributed by atoms with Crippen molar-refractivity contribution in [1.29, 1.82) is 0 Å². The van der Waals surface area contributed by atoms with Crippen molar-refractivity contribution in [3.63, 3.8) is 0 Å². The molecule has 0 aromatic carbocycles. The van der Waals surface area contributed by atoms with Gasteiger partial charge in [0.25, 0.3) is 0 Å². The first kappa shape index (κ1) is 9.90. The number of hydrogen-bond acceptors (Lipinski definition) is 5. The normalized spacial score (nSPS) is 11.4. The molecule has 7 nitrogen and oxygen atoms in total. The highest BCUT2D eigenvalue weighted by Gasteiger charge is 2.12. The average Bonchev–Trinajstić information content (AvgIpc) is 2.52. The largest absolute Gasteiger partial charge is 0.433 e. The Balaban J connectivity index is 2.93. The zero-order valence-electron chi connectivity index (χ0n) is 7.17.